The summed E-state index contributed by atoms with van der Waals surface area (Å²) in [6.07, 6.45) is 2.36. The highest BCUT2D eigenvalue weighted by Gasteiger charge is 2.16. The lowest BCUT2D eigenvalue weighted by Crippen LogP contribution is -2.31. The summed E-state index contributed by atoms with van der Waals surface area (Å²) in [5.41, 5.74) is 7.86. The van der Waals surface area contributed by atoms with Gasteiger partial charge in [-0.05, 0) is 25.0 Å². The monoisotopic (exact) mass is 294 g/mol. The highest BCUT2D eigenvalue weighted by atomic mass is 32.1. The molecule has 0 aliphatic carbocycles. The fourth-order valence-corrected chi connectivity index (χ4v) is 2.54. The summed E-state index contributed by atoms with van der Waals surface area (Å²) in [4.78, 5) is 2.78. The zero-order valence-electron chi connectivity index (χ0n) is 13.0. The molecule has 20 heavy (non-hydrogen) atoms. The van der Waals surface area contributed by atoms with Gasteiger partial charge in [-0.2, -0.15) is 0 Å². The second-order valence-corrected chi connectivity index (χ2v) is 5.41. The molecule has 0 saturated heterocycles. The molecule has 0 aliphatic heterocycles. The van der Waals surface area contributed by atoms with Crippen molar-refractivity contribution in [3.8, 4) is 5.75 Å². The number of nitrogens with zero attached hydrogens (tertiary/aromatic N) is 1. The van der Waals surface area contributed by atoms with Crippen molar-refractivity contribution in [2.75, 3.05) is 25.1 Å². The van der Waals surface area contributed by atoms with Crippen LogP contribution in [0, 0.1) is 5.92 Å². The van der Waals surface area contributed by atoms with Crippen molar-refractivity contribution in [3.63, 3.8) is 0 Å². The highest BCUT2D eigenvalue weighted by Crippen LogP contribution is 2.27. The van der Waals surface area contributed by atoms with Crippen LogP contribution in [-0.2, 0) is 0 Å². The lowest BCUT2D eigenvalue weighted by atomic mass is 10.0. The predicted octanol–water partition coefficient (Wildman–Crippen LogP) is 3.59. The van der Waals surface area contributed by atoms with Crippen molar-refractivity contribution in [2.24, 2.45) is 11.7 Å². The Labute approximate surface area is 128 Å². The highest BCUT2D eigenvalue weighted by molar-refractivity contribution is 7.80. The molecule has 4 heteroatoms. The number of benzene rings is 1. The largest absolute Gasteiger partial charge is 0.497 e. The first-order valence-corrected chi connectivity index (χ1v) is 7.70. The van der Waals surface area contributed by atoms with Crippen LogP contribution in [0.25, 0.3) is 0 Å². The van der Waals surface area contributed by atoms with E-state index in [1.165, 1.54) is 12.8 Å². The minimum absolute atomic E-state index is 0.436. The lowest BCUT2D eigenvalue weighted by Gasteiger charge is -2.29. The van der Waals surface area contributed by atoms with Crippen molar-refractivity contribution >= 4 is 22.9 Å². The van der Waals surface area contributed by atoms with Gasteiger partial charge in [0.25, 0.3) is 0 Å². The molecule has 3 nitrogen and oxygen atoms in total. The van der Waals surface area contributed by atoms with Gasteiger partial charge in [0.15, 0.2) is 0 Å². The van der Waals surface area contributed by atoms with Crippen LogP contribution in [0.15, 0.2) is 18.2 Å². The van der Waals surface area contributed by atoms with Gasteiger partial charge in [0.2, 0.25) is 0 Å². The van der Waals surface area contributed by atoms with Crippen LogP contribution >= 0.6 is 12.2 Å². The number of methoxy groups -OCH3 is 1. The standard InChI is InChI=1S/C16H26N2OS/c1-5-12(6-2)11-18(7-3)15-10-13(19-4)8-9-14(15)16(17)20/h8-10,12H,5-7,11H2,1-4H3,(H2,17,20). The Morgan fingerprint density at radius 1 is 1.30 bits per heavy atom. The summed E-state index contributed by atoms with van der Waals surface area (Å²) < 4.78 is 5.33. The Morgan fingerprint density at radius 3 is 2.40 bits per heavy atom. The average Bonchev–Trinajstić information content (AvgIpc) is 2.48. The van der Waals surface area contributed by atoms with E-state index >= 15 is 0 Å². The van der Waals surface area contributed by atoms with Gasteiger partial charge in [-0.3, -0.25) is 0 Å². The van der Waals surface area contributed by atoms with E-state index in [9.17, 15) is 0 Å². The maximum atomic E-state index is 5.86. The molecule has 0 bridgehead atoms. The number of anilines is 1. The molecule has 0 radical (unpaired) electrons. The third-order valence-corrected chi connectivity index (χ3v) is 4.05. The third-order valence-electron chi connectivity index (χ3n) is 3.83. The van der Waals surface area contributed by atoms with Gasteiger partial charge in [0.1, 0.15) is 10.7 Å². The number of ether oxygens (including phenoxy) is 1. The number of rotatable bonds is 8. The molecular weight excluding hydrogens is 268 g/mol. The van der Waals surface area contributed by atoms with Gasteiger partial charge >= 0.3 is 0 Å². The topological polar surface area (TPSA) is 38.5 Å². The van der Waals surface area contributed by atoms with E-state index in [0.717, 1.165) is 30.1 Å². The van der Waals surface area contributed by atoms with Crippen molar-refractivity contribution in [3.05, 3.63) is 23.8 Å². The first-order valence-electron chi connectivity index (χ1n) is 7.30. The summed E-state index contributed by atoms with van der Waals surface area (Å²) >= 11 is 5.18. The number of thiocarbonyl (C=S) groups is 1. The van der Waals surface area contributed by atoms with Gasteiger partial charge in [-0.15, -0.1) is 0 Å². The first-order chi connectivity index (χ1) is 9.57. The van der Waals surface area contributed by atoms with E-state index in [4.69, 9.17) is 22.7 Å². The summed E-state index contributed by atoms with van der Waals surface area (Å²) in [6.45, 7) is 8.58. The molecule has 0 amide bonds. The second-order valence-electron chi connectivity index (χ2n) is 4.97. The zero-order chi connectivity index (χ0) is 15.1. The normalized spacial score (nSPS) is 10.7. The quantitative estimate of drug-likeness (QED) is 0.744. The smallest absolute Gasteiger partial charge is 0.120 e. The third kappa shape index (κ3) is 4.10. The second kappa shape index (κ2) is 8.10. The Morgan fingerprint density at radius 2 is 1.95 bits per heavy atom. The van der Waals surface area contributed by atoms with Crippen LogP contribution in [-0.4, -0.2) is 25.2 Å². The molecule has 2 N–H and O–H groups in total. The molecule has 0 heterocycles. The van der Waals surface area contributed by atoms with Crippen LogP contribution in [0.3, 0.4) is 0 Å². The number of hydrogen-bond acceptors (Lipinski definition) is 3. The molecule has 0 aromatic heterocycles. The molecule has 0 atom stereocenters. The summed E-state index contributed by atoms with van der Waals surface area (Å²) in [5.74, 6) is 1.52. The summed E-state index contributed by atoms with van der Waals surface area (Å²) in [7, 11) is 1.68. The van der Waals surface area contributed by atoms with Crippen molar-refractivity contribution in [1.82, 2.24) is 0 Å². The fraction of sp³-hybridized carbons (Fsp3) is 0.562. The van der Waals surface area contributed by atoms with Crippen molar-refractivity contribution in [2.45, 2.75) is 33.6 Å². The predicted molar refractivity (Wildman–Crippen MR) is 90.8 cm³/mol. The van der Waals surface area contributed by atoms with Gasteiger partial charge in [-0.1, -0.05) is 38.9 Å². The maximum absolute atomic E-state index is 5.86. The van der Waals surface area contributed by atoms with E-state index in [0.29, 0.717) is 10.9 Å². The average molecular weight is 294 g/mol. The molecule has 112 valence electrons. The number of hydrogen-bond donors (Lipinski definition) is 1. The van der Waals surface area contributed by atoms with Gasteiger partial charge in [0.05, 0.1) is 12.8 Å². The molecule has 0 unspecified atom stereocenters. The molecule has 1 rings (SSSR count). The van der Waals surface area contributed by atoms with Gasteiger partial charge in [-0.25, -0.2) is 0 Å². The molecule has 0 aliphatic rings. The minimum atomic E-state index is 0.436. The summed E-state index contributed by atoms with van der Waals surface area (Å²) in [6, 6.07) is 5.88. The van der Waals surface area contributed by atoms with E-state index in [1.807, 2.05) is 18.2 Å². The summed E-state index contributed by atoms with van der Waals surface area (Å²) in [5, 5.41) is 0. The molecule has 1 aromatic rings. The molecule has 1 aromatic carbocycles. The van der Waals surface area contributed by atoms with E-state index in [-0.39, 0.29) is 0 Å². The van der Waals surface area contributed by atoms with Gasteiger partial charge in [0, 0.05) is 24.7 Å². The van der Waals surface area contributed by atoms with E-state index < -0.39 is 0 Å². The number of nitrogens with two attached hydrogens (primary N) is 1. The molecular formula is C16H26N2OS. The maximum Gasteiger partial charge on any atom is 0.120 e. The first kappa shape index (κ1) is 16.8. The molecule has 0 spiro atoms. The van der Waals surface area contributed by atoms with Crippen LogP contribution in [0.4, 0.5) is 5.69 Å². The van der Waals surface area contributed by atoms with Crippen LogP contribution in [0.1, 0.15) is 39.2 Å². The molecule has 0 saturated carbocycles. The fourth-order valence-electron chi connectivity index (χ4n) is 2.36. The Balaban J connectivity index is 3.14. The van der Waals surface area contributed by atoms with Crippen LogP contribution in [0.5, 0.6) is 5.75 Å². The van der Waals surface area contributed by atoms with Gasteiger partial charge < -0.3 is 15.4 Å². The van der Waals surface area contributed by atoms with E-state index in [1.54, 1.807) is 7.11 Å². The minimum Gasteiger partial charge on any atom is -0.497 e. The molecule has 0 fully saturated rings. The Kier molecular flexibility index (Phi) is 6.79. The van der Waals surface area contributed by atoms with Crippen molar-refractivity contribution in [1.29, 1.82) is 0 Å². The zero-order valence-corrected chi connectivity index (χ0v) is 13.8. The van der Waals surface area contributed by atoms with E-state index in [2.05, 4.69) is 25.7 Å². The lowest BCUT2D eigenvalue weighted by molar-refractivity contribution is 0.414. The van der Waals surface area contributed by atoms with Crippen LogP contribution in [0.2, 0.25) is 0 Å². The Hall–Kier alpha value is -1.29. The van der Waals surface area contributed by atoms with Crippen LogP contribution < -0.4 is 15.4 Å². The van der Waals surface area contributed by atoms with Crippen molar-refractivity contribution < 1.29 is 4.74 Å². The Bertz CT molecular complexity index is 444. The SMILES string of the molecule is CCC(CC)CN(CC)c1cc(OC)ccc1C(N)=S.